The van der Waals surface area contributed by atoms with Crippen LogP contribution in [0.2, 0.25) is 0 Å². The molecule has 0 radical (unpaired) electrons. The van der Waals surface area contributed by atoms with Crippen molar-refractivity contribution in [3.63, 3.8) is 0 Å². The maximum absolute atomic E-state index is 13.4. The van der Waals surface area contributed by atoms with Gasteiger partial charge in [-0.15, -0.1) is 0 Å². The second kappa shape index (κ2) is 4.89. The molecule has 1 aromatic carbocycles. The molecule has 0 aromatic heterocycles. The van der Waals surface area contributed by atoms with Crippen LogP contribution in [0, 0.1) is 17.6 Å². The summed E-state index contributed by atoms with van der Waals surface area (Å²) in [6, 6.07) is 3.68. The molecule has 0 bridgehead atoms. The lowest BCUT2D eigenvalue weighted by molar-refractivity contribution is 0.0821. The van der Waals surface area contributed by atoms with Crippen LogP contribution in [0.5, 0.6) is 0 Å². The fourth-order valence-corrected chi connectivity index (χ4v) is 2.19. The molecule has 1 heterocycles. The first-order valence-corrected chi connectivity index (χ1v) is 5.53. The third-order valence-corrected chi connectivity index (χ3v) is 3.13. The van der Waals surface area contributed by atoms with Crippen molar-refractivity contribution in [3.8, 4) is 0 Å². The molecule has 1 atom stereocenters. The average Bonchev–Trinajstić information content (AvgIpc) is 2.30. The van der Waals surface area contributed by atoms with Gasteiger partial charge >= 0.3 is 0 Å². The number of halogens is 2. The van der Waals surface area contributed by atoms with E-state index in [1.54, 1.807) is 0 Å². The van der Waals surface area contributed by atoms with Crippen molar-refractivity contribution in [2.24, 2.45) is 5.92 Å². The van der Waals surface area contributed by atoms with Crippen molar-refractivity contribution in [2.75, 3.05) is 13.1 Å². The summed E-state index contributed by atoms with van der Waals surface area (Å²) >= 11 is 0. The maximum atomic E-state index is 13.4. The molecule has 0 amide bonds. The largest absolute Gasteiger partial charge is 0.388 e. The van der Waals surface area contributed by atoms with Gasteiger partial charge in [0.2, 0.25) is 0 Å². The third-order valence-electron chi connectivity index (χ3n) is 3.13. The van der Waals surface area contributed by atoms with Crippen LogP contribution in [0.1, 0.15) is 24.5 Å². The van der Waals surface area contributed by atoms with E-state index in [-0.39, 0.29) is 11.5 Å². The van der Waals surface area contributed by atoms with Crippen molar-refractivity contribution >= 4 is 0 Å². The van der Waals surface area contributed by atoms with Crippen LogP contribution < -0.4 is 5.32 Å². The summed E-state index contributed by atoms with van der Waals surface area (Å²) in [4.78, 5) is 0. The summed E-state index contributed by atoms with van der Waals surface area (Å²) < 4.78 is 26.9. The van der Waals surface area contributed by atoms with Crippen LogP contribution in [0.25, 0.3) is 0 Å². The summed E-state index contributed by atoms with van der Waals surface area (Å²) in [5.41, 5.74) is -0.186. The molecule has 1 aromatic rings. The Morgan fingerprint density at radius 2 is 1.75 bits per heavy atom. The molecule has 2 rings (SSSR count). The van der Waals surface area contributed by atoms with Gasteiger partial charge in [-0.1, -0.05) is 6.07 Å². The highest BCUT2D eigenvalue weighted by molar-refractivity contribution is 5.22. The van der Waals surface area contributed by atoms with Crippen LogP contribution in [0.3, 0.4) is 0 Å². The Kier molecular flexibility index (Phi) is 3.51. The van der Waals surface area contributed by atoms with Crippen molar-refractivity contribution in [1.82, 2.24) is 5.32 Å². The number of aliphatic hydroxyl groups excluding tert-OH is 1. The van der Waals surface area contributed by atoms with E-state index in [4.69, 9.17) is 0 Å². The first-order chi connectivity index (χ1) is 7.70. The van der Waals surface area contributed by atoms with E-state index in [0.717, 1.165) is 25.9 Å². The van der Waals surface area contributed by atoms with Crippen LogP contribution in [-0.4, -0.2) is 18.2 Å². The predicted molar refractivity (Wildman–Crippen MR) is 56.9 cm³/mol. The Morgan fingerprint density at radius 1 is 1.19 bits per heavy atom. The van der Waals surface area contributed by atoms with Crippen LogP contribution in [0.15, 0.2) is 18.2 Å². The van der Waals surface area contributed by atoms with Gasteiger partial charge in [-0.25, -0.2) is 8.78 Å². The number of nitrogens with one attached hydrogen (secondary N) is 1. The highest BCUT2D eigenvalue weighted by Gasteiger charge is 2.27. The molecule has 1 fully saturated rings. The number of hydrogen-bond donors (Lipinski definition) is 2. The molecule has 0 aliphatic carbocycles. The van der Waals surface area contributed by atoms with Gasteiger partial charge in [-0.05, 0) is 44.0 Å². The van der Waals surface area contributed by atoms with Crippen LogP contribution >= 0.6 is 0 Å². The van der Waals surface area contributed by atoms with Crippen LogP contribution in [-0.2, 0) is 0 Å². The number of aliphatic hydroxyl groups is 1. The molecular formula is C12H15F2NO. The minimum atomic E-state index is -1.04. The molecule has 16 heavy (non-hydrogen) atoms. The van der Waals surface area contributed by atoms with Crippen molar-refractivity contribution in [3.05, 3.63) is 35.4 Å². The molecule has 4 heteroatoms. The van der Waals surface area contributed by atoms with E-state index >= 15 is 0 Å². The Morgan fingerprint density at radius 3 is 2.31 bits per heavy atom. The molecule has 88 valence electrons. The molecule has 1 aliphatic heterocycles. The standard InChI is InChI=1S/C12H15F2NO/c13-9-2-1-3-10(14)11(9)12(16)8-4-6-15-7-5-8/h1-3,8,12,15-16H,4-7H2. The van der Waals surface area contributed by atoms with E-state index in [2.05, 4.69) is 5.32 Å². The van der Waals surface area contributed by atoms with E-state index in [1.165, 1.54) is 18.2 Å². The quantitative estimate of drug-likeness (QED) is 0.810. The summed E-state index contributed by atoms with van der Waals surface area (Å²) in [5, 5.41) is 13.2. The lowest BCUT2D eigenvalue weighted by atomic mass is 9.88. The normalized spacial score (nSPS) is 19.7. The van der Waals surface area contributed by atoms with Gasteiger partial charge in [0.05, 0.1) is 11.7 Å². The van der Waals surface area contributed by atoms with E-state index in [9.17, 15) is 13.9 Å². The third kappa shape index (κ3) is 2.23. The topological polar surface area (TPSA) is 32.3 Å². The fraction of sp³-hybridized carbons (Fsp3) is 0.500. The fourth-order valence-electron chi connectivity index (χ4n) is 2.19. The second-order valence-corrected chi connectivity index (χ2v) is 4.17. The van der Waals surface area contributed by atoms with E-state index in [1.807, 2.05) is 0 Å². The summed E-state index contributed by atoms with van der Waals surface area (Å²) in [7, 11) is 0. The highest BCUT2D eigenvalue weighted by Crippen LogP contribution is 2.31. The van der Waals surface area contributed by atoms with Crippen molar-refractivity contribution in [1.29, 1.82) is 0 Å². The zero-order chi connectivity index (χ0) is 11.5. The van der Waals surface area contributed by atoms with Gasteiger partial charge < -0.3 is 10.4 Å². The van der Waals surface area contributed by atoms with Gasteiger partial charge in [0.15, 0.2) is 0 Å². The molecule has 1 aliphatic rings. The molecular weight excluding hydrogens is 212 g/mol. The number of hydrogen-bond acceptors (Lipinski definition) is 2. The van der Waals surface area contributed by atoms with E-state index in [0.29, 0.717) is 0 Å². The van der Waals surface area contributed by atoms with Gasteiger partial charge in [0.1, 0.15) is 11.6 Å². The van der Waals surface area contributed by atoms with Gasteiger partial charge in [-0.3, -0.25) is 0 Å². The smallest absolute Gasteiger partial charge is 0.131 e. The van der Waals surface area contributed by atoms with Crippen molar-refractivity contribution < 1.29 is 13.9 Å². The van der Waals surface area contributed by atoms with Crippen molar-refractivity contribution in [2.45, 2.75) is 18.9 Å². The summed E-state index contributed by atoms with van der Waals surface area (Å²) in [6.45, 7) is 1.58. The average molecular weight is 227 g/mol. The Hall–Kier alpha value is -1.00. The molecule has 2 nitrogen and oxygen atoms in total. The number of piperidine rings is 1. The maximum Gasteiger partial charge on any atom is 0.131 e. The zero-order valence-electron chi connectivity index (χ0n) is 8.92. The first-order valence-electron chi connectivity index (χ1n) is 5.53. The monoisotopic (exact) mass is 227 g/mol. The Balaban J connectivity index is 2.22. The lowest BCUT2D eigenvalue weighted by Crippen LogP contribution is -2.31. The Labute approximate surface area is 93.3 Å². The van der Waals surface area contributed by atoms with E-state index < -0.39 is 17.7 Å². The first kappa shape index (κ1) is 11.5. The zero-order valence-corrected chi connectivity index (χ0v) is 8.92. The van der Waals surface area contributed by atoms with Gasteiger partial charge in [-0.2, -0.15) is 0 Å². The number of rotatable bonds is 2. The van der Waals surface area contributed by atoms with Gasteiger partial charge in [0.25, 0.3) is 0 Å². The second-order valence-electron chi connectivity index (χ2n) is 4.17. The van der Waals surface area contributed by atoms with Gasteiger partial charge in [0, 0.05) is 0 Å². The minimum Gasteiger partial charge on any atom is -0.388 e. The van der Waals surface area contributed by atoms with Crippen LogP contribution in [0.4, 0.5) is 8.78 Å². The molecule has 0 saturated carbocycles. The number of benzene rings is 1. The summed E-state index contributed by atoms with van der Waals surface area (Å²) in [6.07, 6.45) is 0.451. The molecule has 2 N–H and O–H groups in total. The Bertz CT molecular complexity index is 344. The predicted octanol–water partition coefficient (Wildman–Crippen LogP) is 2.00. The molecule has 1 saturated heterocycles. The molecule has 1 unspecified atom stereocenters. The minimum absolute atomic E-state index is 0.0624. The highest BCUT2D eigenvalue weighted by atomic mass is 19.1. The molecule has 0 spiro atoms. The lowest BCUT2D eigenvalue weighted by Gasteiger charge is -2.27. The SMILES string of the molecule is OC(c1c(F)cccc1F)C1CCNCC1. The summed E-state index contributed by atoms with van der Waals surface area (Å²) in [5.74, 6) is -1.38.